The van der Waals surface area contributed by atoms with Gasteiger partial charge in [-0.2, -0.15) is 0 Å². The maximum absolute atomic E-state index is 12.7. The third-order valence-corrected chi connectivity index (χ3v) is 4.89. The third kappa shape index (κ3) is 4.33. The molecule has 0 N–H and O–H groups in total. The van der Waals surface area contributed by atoms with Crippen molar-refractivity contribution in [2.75, 3.05) is 21.3 Å². The van der Waals surface area contributed by atoms with Gasteiger partial charge in [-0.15, -0.1) is 0 Å². The van der Waals surface area contributed by atoms with Crippen LogP contribution in [0.5, 0.6) is 11.5 Å². The molecule has 0 aliphatic rings. The second kappa shape index (κ2) is 9.22. The molecule has 30 heavy (non-hydrogen) atoms. The van der Waals surface area contributed by atoms with Crippen LogP contribution in [0.1, 0.15) is 43.9 Å². The lowest BCUT2D eigenvalue weighted by Crippen LogP contribution is -2.06. The summed E-state index contributed by atoms with van der Waals surface area (Å²) in [4.78, 5) is 36.6. The van der Waals surface area contributed by atoms with Crippen molar-refractivity contribution < 1.29 is 28.6 Å². The number of Topliss-reactive ketones (excluding diaryl/α,β-unsaturated/α-hetero) is 2. The molecule has 0 radical (unpaired) electrons. The molecule has 6 nitrogen and oxygen atoms in total. The predicted octanol–water partition coefficient (Wildman–Crippen LogP) is 4.49. The van der Waals surface area contributed by atoms with E-state index in [4.69, 9.17) is 9.47 Å². The van der Waals surface area contributed by atoms with Gasteiger partial charge in [-0.1, -0.05) is 30.3 Å². The zero-order valence-corrected chi connectivity index (χ0v) is 17.1. The molecule has 0 aliphatic carbocycles. The molecule has 0 aliphatic heterocycles. The molecule has 0 spiro atoms. The zero-order chi connectivity index (χ0) is 21.7. The van der Waals surface area contributed by atoms with Crippen LogP contribution in [-0.4, -0.2) is 38.9 Å². The number of ketones is 2. The van der Waals surface area contributed by atoms with Crippen LogP contribution in [-0.2, 0) is 4.74 Å². The lowest BCUT2D eigenvalue weighted by atomic mass is 9.98. The Morgan fingerprint density at radius 2 is 1.27 bits per heavy atom. The monoisotopic (exact) mass is 406 g/mol. The van der Waals surface area contributed by atoms with Crippen molar-refractivity contribution in [3.63, 3.8) is 0 Å². The van der Waals surface area contributed by atoms with Crippen LogP contribution in [0.2, 0.25) is 0 Å². The summed E-state index contributed by atoms with van der Waals surface area (Å²) in [6, 6.07) is 15.2. The third-order valence-electron chi connectivity index (χ3n) is 4.89. The summed E-state index contributed by atoms with van der Waals surface area (Å²) in [7, 11) is 4.41. The summed E-state index contributed by atoms with van der Waals surface area (Å²) in [6.45, 7) is 0. The number of carbonyl (C=O) groups is 3. The fourth-order valence-electron chi connectivity index (χ4n) is 3.24. The van der Waals surface area contributed by atoms with E-state index in [1.807, 2.05) is 18.2 Å². The van der Waals surface area contributed by atoms with E-state index in [0.29, 0.717) is 28.2 Å². The highest BCUT2D eigenvalue weighted by molar-refractivity contribution is 6.05. The van der Waals surface area contributed by atoms with E-state index in [1.165, 1.54) is 19.2 Å². The van der Waals surface area contributed by atoms with Crippen molar-refractivity contribution in [1.29, 1.82) is 0 Å². The summed E-state index contributed by atoms with van der Waals surface area (Å²) in [5.74, 6) is 0.375. The molecule has 0 aromatic heterocycles. The Morgan fingerprint density at radius 3 is 1.87 bits per heavy atom. The van der Waals surface area contributed by atoms with Gasteiger partial charge in [0.05, 0.1) is 26.9 Å². The summed E-state index contributed by atoms with van der Waals surface area (Å²) in [5, 5.41) is 1.69. The predicted molar refractivity (Wildman–Crippen MR) is 113 cm³/mol. The van der Waals surface area contributed by atoms with Gasteiger partial charge >= 0.3 is 5.97 Å². The molecule has 3 aromatic rings. The Morgan fingerprint density at radius 1 is 0.700 bits per heavy atom. The number of benzene rings is 3. The Kier molecular flexibility index (Phi) is 6.47. The first kappa shape index (κ1) is 21.0. The number of fused-ring (bicyclic) bond motifs is 1. The number of rotatable bonds is 8. The van der Waals surface area contributed by atoms with Crippen molar-refractivity contribution in [3.8, 4) is 11.5 Å². The average molecular weight is 406 g/mol. The van der Waals surface area contributed by atoms with Crippen LogP contribution in [0.25, 0.3) is 10.8 Å². The molecule has 0 amide bonds. The highest BCUT2D eigenvalue weighted by Gasteiger charge is 2.15. The van der Waals surface area contributed by atoms with Gasteiger partial charge in [0.2, 0.25) is 0 Å². The van der Waals surface area contributed by atoms with Crippen LogP contribution >= 0.6 is 0 Å². The van der Waals surface area contributed by atoms with Gasteiger partial charge in [0.25, 0.3) is 0 Å². The summed E-state index contributed by atoms with van der Waals surface area (Å²) in [6.07, 6.45) is 0.152. The molecule has 3 rings (SSSR count). The van der Waals surface area contributed by atoms with E-state index < -0.39 is 5.97 Å². The number of carbonyl (C=O) groups excluding carboxylic acids is 3. The molecule has 154 valence electrons. The summed E-state index contributed by atoms with van der Waals surface area (Å²) >= 11 is 0. The SMILES string of the molecule is COC(=O)c1ccc(C(=O)CCC(=O)c2ccc3ccc(OC)c(OC)c3c2)cc1. The number of hydrogen-bond donors (Lipinski definition) is 0. The van der Waals surface area contributed by atoms with Crippen LogP contribution in [0.4, 0.5) is 0 Å². The van der Waals surface area contributed by atoms with Crippen molar-refractivity contribution in [1.82, 2.24) is 0 Å². The smallest absolute Gasteiger partial charge is 0.337 e. The molecule has 0 unspecified atom stereocenters. The van der Waals surface area contributed by atoms with E-state index in [9.17, 15) is 14.4 Å². The van der Waals surface area contributed by atoms with Crippen LogP contribution < -0.4 is 9.47 Å². The van der Waals surface area contributed by atoms with Crippen molar-refractivity contribution in [2.45, 2.75) is 12.8 Å². The van der Waals surface area contributed by atoms with Gasteiger partial charge in [0.1, 0.15) is 0 Å². The molecule has 0 bridgehead atoms. The molecule has 0 saturated carbocycles. The van der Waals surface area contributed by atoms with Crippen molar-refractivity contribution in [3.05, 3.63) is 71.3 Å². The Balaban J connectivity index is 1.73. The maximum Gasteiger partial charge on any atom is 0.337 e. The van der Waals surface area contributed by atoms with E-state index >= 15 is 0 Å². The molecule has 6 heteroatoms. The van der Waals surface area contributed by atoms with Gasteiger partial charge in [0, 0.05) is 29.4 Å². The lowest BCUT2D eigenvalue weighted by molar-refractivity contribution is 0.0600. The van der Waals surface area contributed by atoms with Gasteiger partial charge in [-0.05, 0) is 29.7 Å². The minimum Gasteiger partial charge on any atom is -0.493 e. The summed E-state index contributed by atoms with van der Waals surface area (Å²) in [5.41, 5.74) is 1.31. The second-order valence-electron chi connectivity index (χ2n) is 6.65. The van der Waals surface area contributed by atoms with Crippen LogP contribution in [0.15, 0.2) is 54.6 Å². The van der Waals surface area contributed by atoms with E-state index in [-0.39, 0.29) is 24.4 Å². The standard InChI is InChI=1S/C24H22O6/c1-28-22-13-10-15-4-9-18(14-19(15)23(22)29-2)21(26)12-11-20(25)16-5-7-17(8-6-16)24(27)30-3/h4-10,13-14H,11-12H2,1-3H3. The zero-order valence-electron chi connectivity index (χ0n) is 17.1. The van der Waals surface area contributed by atoms with E-state index in [1.54, 1.807) is 38.5 Å². The maximum atomic E-state index is 12.7. The Labute approximate surface area is 174 Å². The van der Waals surface area contributed by atoms with Gasteiger partial charge in [0.15, 0.2) is 23.1 Å². The van der Waals surface area contributed by atoms with E-state index in [0.717, 1.165) is 10.8 Å². The average Bonchev–Trinajstić information content (AvgIpc) is 2.80. The van der Waals surface area contributed by atoms with E-state index in [2.05, 4.69) is 4.74 Å². The fraction of sp³-hybridized carbons (Fsp3) is 0.208. The van der Waals surface area contributed by atoms with Crippen molar-refractivity contribution in [2.24, 2.45) is 0 Å². The Bertz CT molecular complexity index is 1100. The highest BCUT2D eigenvalue weighted by atomic mass is 16.5. The molecule has 0 heterocycles. The molecule has 3 aromatic carbocycles. The normalized spacial score (nSPS) is 10.5. The molecule has 0 saturated heterocycles. The van der Waals surface area contributed by atoms with Gasteiger partial charge in [-0.3, -0.25) is 9.59 Å². The first-order valence-electron chi connectivity index (χ1n) is 9.38. The number of hydrogen-bond acceptors (Lipinski definition) is 6. The minimum absolute atomic E-state index is 0.0731. The van der Waals surface area contributed by atoms with Crippen LogP contribution in [0, 0.1) is 0 Å². The molecule has 0 fully saturated rings. The Hall–Kier alpha value is -3.67. The topological polar surface area (TPSA) is 78.9 Å². The quantitative estimate of drug-likeness (QED) is 0.405. The molecule has 0 atom stereocenters. The largest absolute Gasteiger partial charge is 0.493 e. The van der Waals surface area contributed by atoms with Gasteiger partial charge in [-0.25, -0.2) is 4.79 Å². The number of esters is 1. The number of ether oxygens (including phenoxy) is 3. The summed E-state index contributed by atoms with van der Waals surface area (Å²) < 4.78 is 15.4. The molecular formula is C24H22O6. The first-order valence-corrected chi connectivity index (χ1v) is 9.38. The molecular weight excluding hydrogens is 384 g/mol. The number of methoxy groups -OCH3 is 3. The fourth-order valence-corrected chi connectivity index (χ4v) is 3.24. The van der Waals surface area contributed by atoms with Gasteiger partial charge < -0.3 is 14.2 Å². The first-order chi connectivity index (χ1) is 14.5. The second-order valence-corrected chi connectivity index (χ2v) is 6.65. The van der Waals surface area contributed by atoms with Crippen molar-refractivity contribution >= 4 is 28.3 Å². The lowest BCUT2D eigenvalue weighted by Gasteiger charge is -2.11. The van der Waals surface area contributed by atoms with Crippen LogP contribution in [0.3, 0.4) is 0 Å². The minimum atomic E-state index is -0.465. The highest BCUT2D eigenvalue weighted by Crippen LogP contribution is 2.36.